The van der Waals surface area contributed by atoms with Crippen molar-refractivity contribution in [2.75, 3.05) is 25.5 Å². The standard InChI is InChI=1S/C31H32Cl4N5O5/c1-20(45-31(42)38(3)30-22(5-4-10-37-30)18-44-29(41)15-36-2)40-12-11-39(19-40)16-28(25-9-8-24(33)14-27(25)35)43-17-21-6-7-23(32)13-26(21)34/h4-14,19-20,28,36H,15-18H2,1-3H3/q+1. The van der Waals surface area contributed by atoms with Crippen LogP contribution in [0.2, 0.25) is 20.1 Å². The molecule has 0 saturated heterocycles. The van der Waals surface area contributed by atoms with Crippen LogP contribution in [0, 0.1) is 0 Å². The lowest BCUT2D eigenvalue weighted by Gasteiger charge is -2.20. The average Bonchev–Trinajstić information content (AvgIpc) is 3.48. The maximum atomic E-state index is 13.1. The molecular formula is C31H32Cl4N5O5+. The molecule has 2 atom stereocenters. The lowest BCUT2D eigenvalue weighted by atomic mass is 10.1. The second kappa shape index (κ2) is 16.3. The third kappa shape index (κ3) is 9.56. The number of benzene rings is 2. The Morgan fingerprint density at radius 1 is 1.02 bits per heavy atom. The molecule has 2 aromatic heterocycles. The van der Waals surface area contributed by atoms with Gasteiger partial charge in [0.2, 0.25) is 12.6 Å². The highest BCUT2D eigenvalue weighted by molar-refractivity contribution is 6.35. The molecule has 0 bridgehead atoms. The van der Waals surface area contributed by atoms with Gasteiger partial charge in [-0.3, -0.25) is 9.69 Å². The predicted octanol–water partition coefficient (Wildman–Crippen LogP) is 6.80. The van der Waals surface area contributed by atoms with Crippen molar-refractivity contribution in [1.29, 1.82) is 0 Å². The first kappa shape index (κ1) is 34.5. The molecule has 2 unspecified atom stereocenters. The number of esters is 1. The van der Waals surface area contributed by atoms with Crippen molar-refractivity contribution < 1.29 is 28.4 Å². The zero-order valence-corrected chi connectivity index (χ0v) is 27.8. The molecule has 4 aromatic rings. The number of imidazole rings is 1. The van der Waals surface area contributed by atoms with Gasteiger partial charge in [0.1, 0.15) is 37.5 Å². The maximum Gasteiger partial charge on any atom is 0.418 e. The Balaban J connectivity index is 1.44. The minimum atomic E-state index is -0.673. The number of carbonyl (C=O) groups is 2. The number of aromatic nitrogens is 3. The first-order valence-electron chi connectivity index (χ1n) is 13.8. The molecule has 0 fully saturated rings. The van der Waals surface area contributed by atoms with Gasteiger partial charge in [0.05, 0.1) is 13.2 Å². The zero-order valence-electron chi connectivity index (χ0n) is 24.8. The molecule has 0 saturated carbocycles. The highest BCUT2D eigenvalue weighted by Crippen LogP contribution is 2.31. The van der Waals surface area contributed by atoms with Crippen LogP contribution in [0.3, 0.4) is 0 Å². The molecule has 10 nitrogen and oxygen atoms in total. The first-order valence-corrected chi connectivity index (χ1v) is 15.3. The van der Waals surface area contributed by atoms with Crippen LogP contribution in [0.25, 0.3) is 0 Å². The summed E-state index contributed by atoms with van der Waals surface area (Å²) in [6, 6.07) is 13.9. The third-order valence-electron chi connectivity index (χ3n) is 6.71. The van der Waals surface area contributed by atoms with Crippen LogP contribution in [0.1, 0.15) is 35.9 Å². The zero-order chi connectivity index (χ0) is 32.5. The van der Waals surface area contributed by atoms with Gasteiger partial charge in [0, 0.05) is 51.4 Å². The van der Waals surface area contributed by atoms with E-state index in [1.165, 1.54) is 11.9 Å². The summed E-state index contributed by atoms with van der Waals surface area (Å²) in [5.74, 6) is -0.109. The average molecular weight is 696 g/mol. The van der Waals surface area contributed by atoms with Crippen LogP contribution in [0.15, 0.2) is 73.4 Å². The Hall–Kier alpha value is -3.38. The molecule has 1 amide bonds. The van der Waals surface area contributed by atoms with Crippen LogP contribution >= 0.6 is 46.4 Å². The van der Waals surface area contributed by atoms with E-state index in [9.17, 15) is 9.59 Å². The largest absolute Gasteiger partial charge is 0.460 e. The van der Waals surface area contributed by atoms with Crippen molar-refractivity contribution in [3.63, 3.8) is 0 Å². The summed E-state index contributed by atoms with van der Waals surface area (Å²) < 4.78 is 20.9. The number of nitrogens with one attached hydrogen (secondary N) is 1. The Morgan fingerprint density at radius 2 is 1.76 bits per heavy atom. The number of pyridine rings is 1. The van der Waals surface area contributed by atoms with Crippen LogP contribution in [-0.4, -0.2) is 42.3 Å². The molecule has 4 rings (SSSR count). The molecule has 0 radical (unpaired) electrons. The molecule has 0 aliphatic heterocycles. The topological polar surface area (TPSA) is 98.8 Å². The summed E-state index contributed by atoms with van der Waals surface area (Å²) >= 11 is 25.1. The highest BCUT2D eigenvalue weighted by Gasteiger charge is 2.25. The number of hydrogen-bond acceptors (Lipinski definition) is 7. The van der Waals surface area contributed by atoms with E-state index >= 15 is 0 Å². The molecule has 2 heterocycles. The van der Waals surface area contributed by atoms with Gasteiger partial charge in [-0.25, -0.2) is 14.3 Å². The summed E-state index contributed by atoms with van der Waals surface area (Å²) in [4.78, 5) is 30.4. The minimum Gasteiger partial charge on any atom is -0.460 e. The second-order valence-corrected chi connectivity index (χ2v) is 11.7. The lowest BCUT2D eigenvalue weighted by molar-refractivity contribution is -0.705. The fourth-order valence-corrected chi connectivity index (χ4v) is 5.32. The normalized spacial score (nSPS) is 12.4. The van der Waals surface area contributed by atoms with E-state index in [0.29, 0.717) is 38.0 Å². The van der Waals surface area contributed by atoms with Crippen molar-refractivity contribution in [1.82, 2.24) is 14.9 Å². The van der Waals surface area contributed by atoms with Crippen LogP contribution < -0.4 is 14.8 Å². The predicted molar refractivity (Wildman–Crippen MR) is 173 cm³/mol. The van der Waals surface area contributed by atoms with Crippen LogP contribution in [0.4, 0.5) is 10.6 Å². The molecule has 0 spiro atoms. The van der Waals surface area contributed by atoms with Crippen molar-refractivity contribution in [3.8, 4) is 0 Å². The van der Waals surface area contributed by atoms with Crippen LogP contribution in [-0.2, 0) is 38.8 Å². The summed E-state index contributed by atoms with van der Waals surface area (Å²) in [5.41, 5.74) is 2.07. The molecule has 14 heteroatoms. The molecular weight excluding hydrogens is 664 g/mol. The number of ether oxygens (including phenoxy) is 3. The summed E-state index contributed by atoms with van der Waals surface area (Å²) in [7, 11) is 3.19. The summed E-state index contributed by atoms with van der Waals surface area (Å²) in [6.45, 7) is 2.36. The molecule has 2 aromatic carbocycles. The number of nitrogens with zero attached hydrogens (tertiary/aromatic N) is 4. The first-order chi connectivity index (χ1) is 21.5. The fourth-order valence-electron chi connectivity index (χ4n) is 4.33. The van der Waals surface area contributed by atoms with E-state index in [0.717, 1.165) is 11.1 Å². The smallest absolute Gasteiger partial charge is 0.418 e. The van der Waals surface area contributed by atoms with E-state index in [-0.39, 0.29) is 19.8 Å². The third-order valence-corrected chi connectivity index (χ3v) is 7.86. The number of likely N-dealkylation sites (N-methyl/N-ethyl adjacent to an activating group) is 1. The molecule has 45 heavy (non-hydrogen) atoms. The van der Waals surface area contributed by atoms with Gasteiger partial charge in [-0.15, -0.1) is 0 Å². The minimum absolute atomic E-state index is 0.0421. The SMILES string of the molecule is CNCC(=O)OCc1cccnc1N(C)C(=O)OC(C)n1cc[n+](CC(OCc2ccc(Cl)cc2Cl)c2ccc(Cl)cc2Cl)c1. The number of hydrogen-bond donors (Lipinski definition) is 1. The van der Waals surface area contributed by atoms with E-state index < -0.39 is 24.4 Å². The lowest BCUT2D eigenvalue weighted by Crippen LogP contribution is -2.36. The monoisotopic (exact) mass is 694 g/mol. The molecule has 1 N–H and O–H groups in total. The quantitative estimate of drug-likeness (QED) is 0.121. The Labute approximate surface area is 281 Å². The number of carbonyl (C=O) groups excluding carboxylic acids is 2. The van der Waals surface area contributed by atoms with Gasteiger partial charge in [-0.2, -0.15) is 4.57 Å². The van der Waals surface area contributed by atoms with Gasteiger partial charge >= 0.3 is 12.1 Å². The summed E-state index contributed by atoms with van der Waals surface area (Å²) in [5, 5.41) is 4.73. The molecule has 0 aliphatic carbocycles. The van der Waals surface area contributed by atoms with E-state index in [1.54, 1.807) is 73.7 Å². The van der Waals surface area contributed by atoms with E-state index in [1.807, 2.05) is 22.9 Å². The Kier molecular flexibility index (Phi) is 12.5. The molecule has 238 valence electrons. The fraction of sp³-hybridized carbons (Fsp3) is 0.290. The van der Waals surface area contributed by atoms with Crippen molar-refractivity contribution in [2.45, 2.75) is 39.0 Å². The second-order valence-electron chi connectivity index (χ2n) is 9.98. The number of amides is 1. The van der Waals surface area contributed by atoms with Gasteiger partial charge < -0.3 is 19.5 Å². The van der Waals surface area contributed by atoms with Gasteiger partial charge in [-0.1, -0.05) is 64.6 Å². The highest BCUT2D eigenvalue weighted by atomic mass is 35.5. The van der Waals surface area contributed by atoms with Crippen molar-refractivity contribution in [3.05, 3.63) is 110 Å². The summed E-state index contributed by atoms with van der Waals surface area (Å²) in [6.07, 6.45) is 5.16. The molecule has 0 aliphatic rings. The van der Waals surface area contributed by atoms with E-state index in [4.69, 9.17) is 60.6 Å². The number of anilines is 1. The van der Waals surface area contributed by atoms with Gasteiger partial charge in [-0.05, 0) is 42.9 Å². The van der Waals surface area contributed by atoms with Crippen LogP contribution in [0.5, 0.6) is 0 Å². The van der Waals surface area contributed by atoms with Gasteiger partial charge in [0.15, 0.2) is 0 Å². The van der Waals surface area contributed by atoms with Crippen molar-refractivity contribution >= 4 is 64.3 Å². The number of rotatable bonds is 13. The van der Waals surface area contributed by atoms with Crippen molar-refractivity contribution in [2.24, 2.45) is 0 Å². The maximum absolute atomic E-state index is 13.1. The van der Waals surface area contributed by atoms with E-state index in [2.05, 4.69) is 10.3 Å². The Morgan fingerprint density at radius 3 is 2.47 bits per heavy atom. The Bertz CT molecular complexity index is 1640. The van der Waals surface area contributed by atoms with Gasteiger partial charge in [0.25, 0.3) is 0 Å². The number of halogens is 4.